The zero-order chi connectivity index (χ0) is 10.6. The van der Waals surface area contributed by atoms with E-state index in [1.54, 1.807) is 0 Å². The molecule has 0 amide bonds. The number of hydrogen-bond donors (Lipinski definition) is 1. The van der Waals surface area contributed by atoms with Crippen LogP contribution < -0.4 is 0 Å². The molecular weight excluding hydrogens is 178 g/mol. The fraction of sp³-hybridized carbons (Fsp3) is 0.909. The SMILES string of the molecule is CCCCC(C(=O)O)C1CCCN1C. The van der Waals surface area contributed by atoms with Gasteiger partial charge < -0.3 is 10.0 Å². The summed E-state index contributed by atoms with van der Waals surface area (Å²) in [4.78, 5) is 13.3. The van der Waals surface area contributed by atoms with Crippen LogP contribution >= 0.6 is 0 Å². The van der Waals surface area contributed by atoms with E-state index >= 15 is 0 Å². The van der Waals surface area contributed by atoms with E-state index in [0.29, 0.717) is 0 Å². The Balaban J connectivity index is 2.52. The van der Waals surface area contributed by atoms with Crippen molar-refractivity contribution in [2.75, 3.05) is 13.6 Å². The molecule has 0 saturated carbocycles. The van der Waals surface area contributed by atoms with Crippen LogP contribution in [-0.4, -0.2) is 35.6 Å². The minimum atomic E-state index is -0.614. The van der Waals surface area contributed by atoms with E-state index in [-0.39, 0.29) is 12.0 Å². The van der Waals surface area contributed by atoms with Crippen molar-refractivity contribution < 1.29 is 9.90 Å². The summed E-state index contributed by atoms with van der Waals surface area (Å²) in [7, 11) is 2.04. The molecule has 0 aromatic heterocycles. The number of rotatable bonds is 5. The minimum absolute atomic E-state index is 0.151. The second kappa shape index (κ2) is 5.35. The molecule has 1 N–H and O–H groups in total. The Morgan fingerprint density at radius 1 is 1.64 bits per heavy atom. The van der Waals surface area contributed by atoms with Gasteiger partial charge in [0.05, 0.1) is 5.92 Å². The van der Waals surface area contributed by atoms with Crippen LogP contribution in [0.1, 0.15) is 39.0 Å². The first-order chi connectivity index (χ1) is 6.66. The van der Waals surface area contributed by atoms with Crippen LogP contribution in [0.2, 0.25) is 0 Å². The van der Waals surface area contributed by atoms with Gasteiger partial charge in [-0.3, -0.25) is 4.79 Å². The molecule has 2 atom stereocenters. The smallest absolute Gasteiger partial charge is 0.308 e. The van der Waals surface area contributed by atoms with Gasteiger partial charge in [-0.25, -0.2) is 0 Å². The molecule has 0 radical (unpaired) electrons. The van der Waals surface area contributed by atoms with Crippen molar-refractivity contribution in [2.45, 2.75) is 45.1 Å². The fourth-order valence-corrected chi connectivity index (χ4v) is 2.35. The van der Waals surface area contributed by atoms with E-state index < -0.39 is 5.97 Å². The minimum Gasteiger partial charge on any atom is -0.481 e. The summed E-state index contributed by atoms with van der Waals surface area (Å²) in [5.74, 6) is -0.764. The average molecular weight is 199 g/mol. The predicted octanol–water partition coefficient (Wildman–Crippen LogP) is 1.97. The summed E-state index contributed by atoms with van der Waals surface area (Å²) in [6, 6.07) is 0.277. The zero-order valence-corrected chi connectivity index (χ0v) is 9.20. The molecule has 1 saturated heterocycles. The van der Waals surface area contributed by atoms with E-state index in [4.69, 9.17) is 5.11 Å². The number of likely N-dealkylation sites (tertiary alicyclic amines) is 1. The first-order valence-electron chi connectivity index (χ1n) is 5.59. The van der Waals surface area contributed by atoms with Crippen LogP contribution in [-0.2, 0) is 4.79 Å². The molecule has 82 valence electrons. The molecule has 0 aromatic carbocycles. The molecule has 2 unspecified atom stereocenters. The summed E-state index contributed by atoms with van der Waals surface area (Å²) in [6.07, 6.45) is 5.15. The highest BCUT2D eigenvalue weighted by Crippen LogP contribution is 2.26. The third-order valence-corrected chi connectivity index (χ3v) is 3.23. The molecule has 1 rings (SSSR count). The number of nitrogens with zero attached hydrogens (tertiary/aromatic N) is 1. The monoisotopic (exact) mass is 199 g/mol. The van der Waals surface area contributed by atoms with Crippen molar-refractivity contribution in [2.24, 2.45) is 5.92 Å². The Labute approximate surface area is 86.1 Å². The van der Waals surface area contributed by atoms with Crippen molar-refractivity contribution >= 4 is 5.97 Å². The molecule has 1 heterocycles. The Kier molecular flexibility index (Phi) is 4.39. The molecular formula is C11H21NO2. The van der Waals surface area contributed by atoms with Gasteiger partial charge in [0.2, 0.25) is 0 Å². The van der Waals surface area contributed by atoms with Crippen molar-refractivity contribution in [1.29, 1.82) is 0 Å². The second-order valence-electron chi connectivity index (χ2n) is 4.28. The molecule has 0 aromatic rings. The lowest BCUT2D eigenvalue weighted by molar-refractivity contribution is -0.144. The molecule has 1 aliphatic heterocycles. The number of unbranched alkanes of at least 4 members (excludes halogenated alkanes) is 1. The zero-order valence-electron chi connectivity index (χ0n) is 9.20. The maximum atomic E-state index is 11.1. The summed E-state index contributed by atoms with van der Waals surface area (Å²) in [6.45, 7) is 3.16. The summed E-state index contributed by atoms with van der Waals surface area (Å²) in [5, 5.41) is 9.15. The normalized spacial score (nSPS) is 25.1. The number of aliphatic carboxylic acids is 1. The maximum Gasteiger partial charge on any atom is 0.308 e. The first kappa shape index (κ1) is 11.5. The third kappa shape index (κ3) is 2.71. The van der Waals surface area contributed by atoms with Crippen molar-refractivity contribution in [1.82, 2.24) is 4.90 Å². The highest BCUT2D eigenvalue weighted by atomic mass is 16.4. The highest BCUT2D eigenvalue weighted by molar-refractivity contribution is 5.70. The lowest BCUT2D eigenvalue weighted by Gasteiger charge is -2.25. The van der Waals surface area contributed by atoms with Crippen molar-refractivity contribution in [3.05, 3.63) is 0 Å². The highest BCUT2D eigenvalue weighted by Gasteiger charge is 2.33. The fourth-order valence-electron chi connectivity index (χ4n) is 2.35. The van der Waals surface area contributed by atoms with Crippen LogP contribution in [0.25, 0.3) is 0 Å². The number of carbonyl (C=O) groups is 1. The van der Waals surface area contributed by atoms with E-state index in [0.717, 1.165) is 38.6 Å². The lowest BCUT2D eigenvalue weighted by Crippen LogP contribution is -2.37. The van der Waals surface area contributed by atoms with E-state index in [1.165, 1.54) is 0 Å². The largest absolute Gasteiger partial charge is 0.481 e. The second-order valence-corrected chi connectivity index (χ2v) is 4.28. The molecule has 0 bridgehead atoms. The Bertz CT molecular complexity index is 194. The first-order valence-corrected chi connectivity index (χ1v) is 5.59. The van der Waals surface area contributed by atoms with Gasteiger partial charge in [0.1, 0.15) is 0 Å². The third-order valence-electron chi connectivity index (χ3n) is 3.23. The molecule has 0 aliphatic carbocycles. The quantitative estimate of drug-likeness (QED) is 0.736. The summed E-state index contributed by atoms with van der Waals surface area (Å²) < 4.78 is 0. The van der Waals surface area contributed by atoms with Crippen molar-refractivity contribution in [3.63, 3.8) is 0 Å². The van der Waals surface area contributed by atoms with Gasteiger partial charge in [0.15, 0.2) is 0 Å². The summed E-state index contributed by atoms with van der Waals surface area (Å²) in [5.41, 5.74) is 0. The maximum absolute atomic E-state index is 11.1. The van der Waals surface area contributed by atoms with Crippen LogP contribution in [0.15, 0.2) is 0 Å². The Hall–Kier alpha value is -0.570. The molecule has 3 nitrogen and oxygen atoms in total. The standard InChI is InChI=1S/C11H21NO2/c1-3-4-6-9(11(13)14)10-7-5-8-12(10)2/h9-10H,3-8H2,1-2H3,(H,13,14). The predicted molar refractivity (Wildman–Crippen MR) is 56.3 cm³/mol. The number of hydrogen-bond acceptors (Lipinski definition) is 2. The van der Waals surface area contributed by atoms with Gasteiger partial charge in [0.25, 0.3) is 0 Å². The van der Waals surface area contributed by atoms with Gasteiger partial charge >= 0.3 is 5.97 Å². The van der Waals surface area contributed by atoms with Gasteiger partial charge in [-0.1, -0.05) is 19.8 Å². The molecule has 0 spiro atoms. The molecule has 14 heavy (non-hydrogen) atoms. The Morgan fingerprint density at radius 3 is 2.79 bits per heavy atom. The van der Waals surface area contributed by atoms with Gasteiger partial charge in [-0.2, -0.15) is 0 Å². The molecule has 1 aliphatic rings. The number of carboxylic acid groups (broad SMARTS) is 1. The van der Waals surface area contributed by atoms with Crippen LogP contribution in [0.5, 0.6) is 0 Å². The number of carboxylic acids is 1. The van der Waals surface area contributed by atoms with E-state index in [2.05, 4.69) is 11.8 Å². The average Bonchev–Trinajstić information content (AvgIpc) is 2.52. The van der Waals surface area contributed by atoms with Crippen LogP contribution in [0.4, 0.5) is 0 Å². The molecule has 1 fully saturated rings. The van der Waals surface area contributed by atoms with Crippen LogP contribution in [0.3, 0.4) is 0 Å². The lowest BCUT2D eigenvalue weighted by atomic mass is 9.92. The van der Waals surface area contributed by atoms with E-state index in [1.807, 2.05) is 7.05 Å². The summed E-state index contributed by atoms with van der Waals surface area (Å²) >= 11 is 0. The van der Waals surface area contributed by atoms with Gasteiger partial charge in [-0.15, -0.1) is 0 Å². The van der Waals surface area contributed by atoms with Crippen LogP contribution in [0, 0.1) is 5.92 Å². The van der Waals surface area contributed by atoms with Gasteiger partial charge in [-0.05, 0) is 32.9 Å². The van der Waals surface area contributed by atoms with E-state index in [9.17, 15) is 4.79 Å². The topological polar surface area (TPSA) is 40.5 Å². The Morgan fingerprint density at radius 2 is 2.36 bits per heavy atom. The van der Waals surface area contributed by atoms with Crippen molar-refractivity contribution in [3.8, 4) is 0 Å². The van der Waals surface area contributed by atoms with Gasteiger partial charge in [0, 0.05) is 6.04 Å². The molecule has 3 heteroatoms.